The molecule has 0 fully saturated rings. The third-order valence-electron chi connectivity index (χ3n) is 2.28. The van der Waals surface area contributed by atoms with Crippen LogP contribution >= 0.6 is 12.6 Å². The number of hydrogen-bond acceptors (Lipinski definition) is 10. The molecule has 0 spiro atoms. The van der Waals surface area contributed by atoms with E-state index in [-0.39, 0.29) is 88.7 Å². The standard InChI is InChI=1S/C6H8O7.C5H11NO2S.3Na/c7-3(8)1-6(13,5(11)12)2-4(9)10;1-5(2,9)3(6)4(7)8;;;/h13H,1-2H2,(H,7,8)(H,9,10)(H,11,12);3,9H,6H2,1-2H3,(H,7,8);;;/q;;3*+1/p-3/t;3-;;;/m.0.../s1. The molecular formula is C11H16NNa3O9S. The summed E-state index contributed by atoms with van der Waals surface area (Å²) in [7, 11) is 0. The number of nitrogens with two attached hydrogens (primary N) is 1. The molecule has 128 valence electrons. The van der Waals surface area contributed by atoms with Crippen LogP contribution in [0.3, 0.4) is 0 Å². The van der Waals surface area contributed by atoms with Crippen molar-refractivity contribution in [2.24, 2.45) is 5.73 Å². The molecule has 0 aromatic rings. The first-order valence-corrected chi connectivity index (χ1v) is 6.12. The molecule has 0 aliphatic carbocycles. The zero-order valence-corrected chi connectivity index (χ0v) is 21.7. The second-order valence-electron chi connectivity index (χ2n) is 4.89. The van der Waals surface area contributed by atoms with Crippen LogP contribution in [-0.4, -0.2) is 50.5 Å². The fourth-order valence-corrected chi connectivity index (χ4v) is 1.10. The minimum atomic E-state index is -2.97. The van der Waals surface area contributed by atoms with Crippen molar-refractivity contribution < 1.29 is 133 Å². The summed E-state index contributed by atoms with van der Waals surface area (Å²) in [5.41, 5.74) is 2.24. The van der Waals surface area contributed by atoms with Crippen molar-refractivity contribution in [2.75, 3.05) is 0 Å². The van der Waals surface area contributed by atoms with E-state index in [9.17, 15) is 34.5 Å². The van der Waals surface area contributed by atoms with Crippen molar-refractivity contribution in [1.29, 1.82) is 0 Å². The van der Waals surface area contributed by atoms with Crippen molar-refractivity contribution in [1.82, 2.24) is 0 Å². The first kappa shape index (κ1) is 37.0. The van der Waals surface area contributed by atoms with Crippen molar-refractivity contribution in [2.45, 2.75) is 43.1 Å². The molecule has 4 N–H and O–H groups in total. The smallest absolute Gasteiger partial charge is 0.550 e. The molecule has 0 aliphatic rings. The van der Waals surface area contributed by atoms with Gasteiger partial charge in [0.05, 0.1) is 5.97 Å². The van der Waals surface area contributed by atoms with E-state index in [4.69, 9.17) is 15.9 Å². The second kappa shape index (κ2) is 16.1. The molecule has 0 radical (unpaired) electrons. The summed E-state index contributed by atoms with van der Waals surface area (Å²) in [6.45, 7) is 3.32. The third-order valence-corrected chi connectivity index (χ3v) is 2.56. The van der Waals surface area contributed by atoms with Crippen LogP contribution < -0.4 is 110 Å². The normalized spacial score (nSPS) is 11.1. The summed E-state index contributed by atoms with van der Waals surface area (Å²) < 4.78 is -0.647. The van der Waals surface area contributed by atoms with Crippen LogP contribution in [-0.2, 0) is 19.2 Å². The summed E-state index contributed by atoms with van der Waals surface area (Å²) in [5, 5.41) is 47.3. The van der Waals surface area contributed by atoms with Gasteiger partial charge in [0.25, 0.3) is 0 Å². The molecule has 0 aliphatic heterocycles. The number of hydrogen-bond donors (Lipinski definition) is 4. The van der Waals surface area contributed by atoms with Gasteiger partial charge in [-0.15, -0.1) is 0 Å². The predicted octanol–water partition coefficient (Wildman–Crippen LogP) is -14.1. The Kier molecular flexibility index (Phi) is 23.9. The molecule has 0 rings (SSSR count). The maximum absolute atomic E-state index is 10.2. The number of rotatable bonds is 7. The monoisotopic (exact) mass is 407 g/mol. The summed E-state index contributed by atoms with van der Waals surface area (Å²) >= 11 is 3.98. The molecular weight excluding hydrogens is 391 g/mol. The minimum absolute atomic E-state index is 0. The maximum atomic E-state index is 10.2. The Bertz CT molecular complexity index is 441. The Balaban J connectivity index is -0.0000001000. The molecule has 0 aromatic heterocycles. The van der Waals surface area contributed by atoms with E-state index in [1.165, 1.54) is 0 Å². The molecule has 25 heavy (non-hydrogen) atoms. The van der Waals surface area contributed by atoms with Gasteiger partial charge in [-0.25, -0.2) is 0 Å². The number of carboxylic acids is 4. The largest absolute Gasteiger partial charge is 1.00 e. The summed E-state index contributed by atoms with van der Waals surface area (Å²) in [5.74, 6) is -7.00. The fraction of sp³-hybridized carbons (Fsp3) is 0.636. The van der Waals surface area contributed by atoms with Gasteiger partial charge in [-0.2, -0.15) is 12.6 Å². The van der Waals surface area contributed by atoms with Gasteiger partial charge in [-0.3, -0.25) is 4.79 Å². The Morgan fingerprint density at radius 1 is 1.00 bits per heavy atom. The molecule has 14 heteroatoms. The van der Waals surface area contributed by atoms with Gasteiger partial charge in [-0.05, 0) is 13.8 Å². The zero-order valence-electron chi connectivity index (χ0n) is 14.8. The molecule has 0 saturated carbocycles. The zero-order chi connectivity index (χ0) is 18.3. The SMILES string of the molecule is CC(C)(S)[C@@H](N)C(=O)O.O=C([O-])CC(O)(CC(=O)[O-])C(=O)[O-].[Na+].[Na+].[Na+]. The van der Waals surface area contributed by atoms with E-state index in [1.807, 2.05) is 0 Å². The molecule has 0 heterocycles. The van der Waals surface area contributed by atoms with Gasteiger partial charge in [0.15, 0.2) is 0 Å². The van der Waals surface area contributed by atoms with Crippen LogP contribution in [0.5, 0.6) is 0 Å². The molecule has 0 saturated heterocycles. The van der Waals surface area contributed by atoms with E-state index >= 15 is 0 Å². The molecule has 0 amide bonds. The van der Waals surface area contributed by atoms with Gasteiger partial charge in [0, 0.05) is 29.5 Å². The van der Waals surface area contributed by atoms with Crippen LogP contribution in [0.2, 0.25) is 0 Å². The van der Waals surface area contributed by atoms with Gasteiger partial charge < -0.3 is 45.6 Å². The van der Waals surface area contributed by atoms with E-state index < -0.39 is 53.1 Å². The van der Waals surface area contributed by atoms with Crippen LogP contribution in [0.1, 0.15) is 26.7 Å². The summed E-state index contributed by atoms with van der Waals surface area (Å²) in [6, 6.07) is -0.902. The van der Waals surface area contributed by atoms with Gasteiger partial charge in [0.1, 0.15) is 11.6 Å². The molecule has 0 bridgehead atoms. The average molecular weight is 407 g/mol. The number of carbonyl (C=O) groups is 4. The van der Waals surface area contributed by atoms with Gasteiger partial charge >= 0.3 is 94.6 Å². The molecule has 10 nitrogen and oxygen atoms in total. The Labute approximate surface area is 216 Å². The number of carboxylic acid groups (broad SMARTS) is 4. The first-order valence-electron chi connectivity index (χ1n) is 5.67. The third kappa shape index (κ3) is 18.3. The van der Waals surface area contributed by atoms with E-state index in [0.29, 0.717) is 0 Å². The Hall–Kier alpha value is 1.15. The average Bonchev–Trinajstić information content (AvgIpc) is 2.24. The van der Waals surface area contributed by atoms with E-state index in [1.54, 1.807) is 13.8 Å². The van der Waals surface area contributed by atoms with Crippen LogP contribution in [0, 0.1) is 0 Å². The van der Waals surface area contributed by atoms with Crippen molar-refractivity contribution in [3.63, 3.8) is 0 Å². The molecule has 1 atom stereocenters. The molecule has 0 unspecified atom stereocenters. The predicted molar refractivity (Wildman–Crippen MR) is 67.9 cm³/mol. The minimum Gasteiger partial charge on any atom is -0.550 e. The number of carbonyl (C=O) groups excluding carboxylic acids is 3. The Morgan fingerprint density at radius 3 is 1.36 bits per heavy atom. The quantitative estimate of drug-likeness (QED) is 0.232. The van der Waals surface area contributed by atoms with Crippen LogP contribution in [0.15, 0.2) is 0 Å². The number of aliphatic carboxylic acids is 4. The molecule has 0 aromatic carbocycles. The topological polar surface area (TPSA) is 204 Å². The number of aliphatic hydroxyl groups is 1. The Morgan fingerprint density at radius 2 is 1.28 bits per heavy atom. The van der Waals surface area contributed by atoms with E-state index in [0.717, 1.165) is 0 Å². The van der Waals surface area contributed by atoms with Crippen molar-refractivity contribution >= 4 is 36.5 Å². The van der Waals surface area contributed by atoms with Gasteiger partial charge in [-0.1, -0.05) is 0 Å². The van der Waals surface area contributed by atoms with Crippen molar-refractivity contribution in [3.8, 4) is 0 Å². The summed E-state index contributed by atoms with van der Waals surface area (Å²) in [4.78, 5) is 40.2. The van der Waals surface area contributed by atoms with Crippen molar-refractivity contribution in [3.05, 3.63) is 0 Å². The van der Waals surface area contributed by atoms with Crippen LogP contribution in [0.25, 0.3) is 0 Å². The second-order valence-corrected chi connectivity index (χ2v) is 6.04. The van der Waals surface area contributed by atoms with E-state index in [2.05, 4.69) is 12.6 Å². The number of thiol groups is 1. The summed E-state index contributed by atoms with van der Waals surface area (Å²) in [6.07, 6.45) is -2.72. The van der Waals surface area contributed by atoms with Gasteiger partial charge in [0.2, 0.25) is 0 Å². The van der Waals surface area contributed by atoms with Crippen LogP contribution in [0.4, 0.5) is 0 Å². The first-order chi connectivity index (χ1) is 9.63. The maximum Gasteiger partial charge on any atom is 1.00 e. The fourth-order valence-electron chi connectivity index (χ4n) is 0.987.